The van der Waals surface area contributed by atoms with Crippen molar-refractivity contribution in [2.24, 2.45) is 0 Å². The number of thiol groups is 1. The SMILES string of the molecule is CC1(S)C=CC=CC1c1ncc[nH]1. The number of nitrogens with one attached hydrogen (secondary N) is 1. The smallest absolute Gasteiger partial charge is 0.114 e. The van der Waals surface area contributed by atoms with Gasteiger partial charge < -0.3 is 4.98 Å². The van der Waals surface area contributed by atoms with Crippen molar-refractivity contribution in [1.29, 1.82) is 0 Å². The standard InChI is InChI=1S/C10H12N2S/c1-10(13)5-3-2-4-8(10)9-11-6-7-12-9/h2-8,13H,1H3,(H,11,12). The first-order valence-corrected chi connectivity index (χ1v) is 4.72. The number of aromatic amines is 1. The zero-order valence-electron chi connectivity index (χ0n) is 7.44. The molecule has 2 unspecified atom stereocenters. The molecule has 2 nitrogen and oxygen atoms in total. The molecular formula is C10H12N2S. The van der Waals surface area contributed by atoms with Crippen molar-refractivity contribution in [3.63, 3.8) is 0 Å². The fourth-order valence-corrected chi connectivity index (χ4v) is 1.83. The van der Waals surface area contributed by atoms with Gasteiger partial charge in [-0.15, -0.1) is 0 Å². The summed E-state index contributed by atoms with van der Waals surface area (Å²) in [7, 11) is 0. The summed E-state index contributed by atoms with van der Waals surface area (Å²) in [5.41, 5.74) is 0. The van der Waals surface area contributed by atoms with E-state index in [1.807, 2.05) is 18.3 Å². The molecule has 0 aliphatic heterocycles. The van der Waals surface area contributed by atoms with E-state index < -0.39 is 0 Å². The predicted octanol–water partition coefficient (Wildman–Crippen LogP) is 2.31. The molecule has 1 aromatic heterocycles. The summed E-state index contributed by atoms with van der Waals surface area (Å²) in [6, 6.07) is 0. The Balaban J connectivity index is 2.34. The summed E-state index contributed by atoms with van der Waals surface area (Å²) in [5, 5.41) is 0. The maximum atomic E-state index is 4.60. The molecule has 2 atom stereocenters. The quantitative estimate of drug-likeness (QED) is 0.657. The van der Waals surface area contributed by atoms with Crippen molar-refractivity contribution < 1.29 is 0 Å². The van der Waals surface area contributed by atoms with Gasteiger partial charge in [-0.1, -0.05) is 24.3 Å². The third kappa shape index (κ3) is 1.56. The van der Waals surface area contributed by atoms with Crippen molar-refractivity contribution in [1.82, 2.24) is 9.97 Å². The van der Waals surface area contributed by atoms with E-state index in [4.69, 9.17) is 0 Å². The molecule has 1 N–H and O–H groups in total. The maximum absolute atomic E-state index is 4.60. The van der Waals surface area contributed by atoms with Gasteiger partial charge in [-0.05, 0) is 6.92 Å². The zero-order valence-corrected chi connectivity index (χ0v) is 8.33. The van der Waals surface area contributed by atoms with Gasteiger partial charge in [0.1, 0.15) is 5.82 Å². The lowest BCUT2D eigenvalue weighted by Gasteiger charge is -2.28. The minimum absolute atomic E-state index is 0.146. The van der Waals surface area contributed by atoms with Crippen LogP contribution in [0.2, 0.25) is 0 Å². The van der Waals surface area contributed by atoms with Gasteiger partial charge in [-0.3, -0.25) is 0 Å². The Morgan fingerprint density at radius 1 is 1.54 bits per heavy atom. The third-order valence-electron chi connectivity index (χ3n) is 2.29. The number of hydrogen-bond donors (Lipinski definition) is 2. The number of imidazole rings is 1. The highest BCUT2D eigenvalue weighted by Gasteiger charge is 2.30. The number of H-pyrrole nitrogens is 1. The summed E-state index contributed by atoms with van der Waals surface area (Å²) in [5.74, 6) is 1.20. The molecule has 0 saturated carbocycles. The molecule has 1 aromatic rings. The summed E-state index contributed by atoms with van der Waals surface area (Å²) in [6.45, 7) is 2.09. The first-order valence-electron chi connectivity index (χ1n) is 4.28. The van der Waals surface area contributed by atoms with Gasteiger partial charge in [0.05, 0.1) is 5.92 Å². The third-order valence-corrected chi connectivity index (χ3v) is 2.72. The Morgan fingerprint density at radius 3 is 3.00 bits per heavy atom. The Bertz CT molecular complexity index is 336. The molecule has 0 saturated heterocycles. The second-order valence-electron chi connectivity index (χ2n) is 3.42. The normalized spacial score (nSPS) is 32.3. The van der Waals surface area contributed by atoms with E-state index in [1.54, 1.807) is 6.20 Å². The van der Waals surface area contributed by atoms with E-state index in [2.05, 4.69) is 41.7 Å². The average molecular weight is 192 g/mol. The summed E-state index contributed by atoms with van der Waals surface area (Å²) in [4.78, 5) is 7.36. The highest BCUT2D eigenvalue weighted by molar-refractivity contribution is 7.82. The first kappa shape index (κ1) is 8.63. The highest BCUT2D eigenvalue weighted by Crippen LogP contribution is 2.36. The van der Waals surface area contributed by atoms with Gasteiger partial charge in [-0.2, -0.15) is 12.6 Å². The molecule has 1 heterocycles. The van der Waals surface area contributed by atoms with E-state index in [-0.39, 0.29) is 10.7 Å². The summed E-state index contributed by atoms with van der Waals surface area (Å²) in [6.07, 6.45) is 11.9. The van der Waals surface area contributed by atoms with Gasteiger partial charge in [0.15, 0.2) is 0 Å². The Labute approximate surface area is 83.2 Å². The molecule has 0 fully saturated rings. The summed E-state index contributed by atoms with van der Waals surface area (Å²) >= 11 is 4.60. The van der Waals surface area contributed by atoms with Crippen LogP contribution in [0.15, 0.2) is 36.7 Å². The van der Waals surface area contributed by atoms with Crippen LogP contribution in [0.5, 0.6) is 0 Å². The molecule has 1 aliphatic carbocycles. The molecule has 0 aromatic carbocycles. The minimum atomic E-state index is -0.146. The van der Waals surface area contributed by atoms with Crippen LogP contribution < -0.4 is 0 Å². The second-order valence-corrected chi connectivity index (χ2v) is 4.39. The van der Waals surface area contributed by atoms with Crippen LogP contribution in [0.4, 0.5) is 0 Å². The van der Waals surface area contributed by atoms with Crippen molar-refractivity contribution >= 4 is 12.6 Å². The molecule has 13 heavy (non-hydrogen) atoms. The van der Waals surface area contributed by atoms with E-state index in [9.17, 15) is 0 Å². The van der Waals surface area contributed by atoms with Crippen molar-refractivity contribution in [2.45, 2.75) is 17.6 Å². The van der Waals surface area contributed by atoms with E-state index in [0.29, 0.717) is 0 Å². The monoisotopic (exact) mass is 192 g/mol. The van der Waals surface area contributed by atoms with Gasteiger partial charge in [0, 0.05) is 17.1 Å². The molecule has 2 rings (SSSR count). The van der Waals surface area contributed by atoms with Crippen LogP contribution in [-0.4, -0.2) is 14.7 Å². The zero-order chi connectivity index (χ0) is 9.31. The second kappa shape index (κ2) is 3.07. The van der Waals surface area contributed by atoms with E-state index in [0.717, 1.165) is 5.82 Å². The Morgan fingerprint density at radius 2 is 2.38 bits per heavy atom. The molecule has 0 radical (unpaired) electrons. The molecule has 3 heteroatoms. The number of aromatic nitrogens is 2. The van der Waals surface area contributed by atoms with Gasteiger partial charge in [0.25, 0.3) is 0 Å². The van der Waals surface area contributed by atoms with Crippen LogP contribution in [0, 0.1) is 0 Å². The largest absolute Gasteiger partial charge is 0.348 e. The molecule has 0 amide bonds. The lowest BCUT2D eigenvalue weighted by atomic mass is 9.88. The number of rotatable bonds is 1. The first-order chi connectivity index (χ1) is 6.20. The van der Waals surface area contributed by atoms with Crippen molar-refractivity contribution in [3.8, 4) is 0 Å². The topological polar surface area (TPSA) is 28.7 Å². The van der Waals surface area contributed by atoms with Gasteiger partial charge in [0.2, 0.25) is 0 Å². The lowest BCUT2D eigenvalue weighted by molar-refractivity contribution is 0.660. The highest BCUT2D eigenvalue weighted by atomic mass is 32.1. The maximum Gasteiger partial charge on any atom is 0.114 e. The molecule has 0 bridgehead atoms. The minimum Gasteiger partial charge on any atom is -0.348 e. The Hall–Kier alpha value is -0.960. The average Bonchev–Trinajstić information content (AvgIpc) is 2.55. The number of hydrogen-bond acceptors (Lipinski definition) is 2. The number of allylic oxidation sites excluding steroid dienone is 3. The van der Waals surface area contributed by atoms with E-state index in [1.165, 1.54) is 0 Å². The summed E-state index contributed by atoms with van der Waals surface area (Å²) < 4.78 is -0.146. The Kier molecular flexibility index (Phi) is 2.04. The lowest BCUT2D eigenvalue weighted by Crippen LogP contribution is -2.25. The van der Waals surface area contributed by atoms with Crippen molar-refractivity contribution in [3.05, 3.63) is 42.5 Å². The molecule has 1 aliphatic rings. The van der Waals surface area contributed by atoms with Crippen LogP contribution in [-0.2, 0) is 0 Å². The fourth-order valence-electron chi connectivity index (χ4n) is 1.54. The van der Waals surface area contributed by atoms with Crippen LogP contribution in [0.1, 0.15) is 18.7 Å². The van der Waals surface area contributed by atoms with Gasteiger partial charge in [-0.25, -0.2) is 4.98 Å². The fraction of sp³-hybridized carbons (Fsp3) is 0.300. The van der Waals surface area contributed by atoms with Gasteiger partial charge >= 0.3 is 0 Å². The number of nitrogens with zero attached hydrogens (tertiary/aromatic N) is 1. The van der Waals surface area contributed by atoms with Crippen LogP contribution >= 0.6 is 12.6 Å². The molecule has 0 spiro atoms. The van der Waals surface area contributed by atoms with E-state index >= 15 is 0 Å². The van der Waals surface area contributed by atoms with Crippen LogP contribution in [0.25, 0.3) is 0 Å². The van der Waals surface area contributed by atoms with Crippen molar-refractivity contribution in [2.75, 3.05) is 0 Å². The predicted molar refractivity (Wildman–Crippen MR) is 57.0 cm³/mol. The molecule has 68 valence electrons. The van der Waals surface area contributed by atoms with Crippen LogP contribution in [0.3, 0.4) is 0 Å². The molecular weight excluding hydrogens is 180 g/mol.